The molecule has 0 saturated carbocycles. The van der Waals surface area contributed by atoms with E-state index in [9.17, 15) is 22.4 Å². The molecule has 6 nitrogen and oxygen atoms in total. The number of carbonyl (C=O) groups is 1. The number of allylic oxidation sites excluding steroid dienone is 1. The zero-order valence-corrected chi connectivity index (χ0v) is 17.6. The van der Waals surface area contributed by atoms with Crippen molar-refractivity contribution in [2.75, 3.05) is 11.9 Å². The summed E-state index contributed by atoms with van der Waals surface area (Å²) < 4.78 is 60.4. The van der Waals surface area contributed by atoms with Crippen LogP contribution in [0.15, 0.2) is 36.5 Å². The molecule has 1 amide bonds. The predicted octanol–water partition coefficient (Wildman–Crippen LogP) is 4.65. The van der Waals surface area contributed by atoms with Crippen LogP contribution in [0.25, 0.3) is 11.3 Å². The van der Waals surface area contributed by atoms with Crippen molar-refractivity contribution in [3.8, 4) is 17.0 Å². The molecule has 31 heavy (non-hydrogen) atoms. The van der Waals surface area contributed by atoms with Gasteiger partial charge in [-0.1, -0.05) is 13.5 Å². The molecule has 0 unspecified atom stereocenters. The summed E-state index contributed by atoms with van der Waals surface area (Å²) in [6, 6.07) is 4.40. The van der Waals surface area contributed by atoms with Gasteiger partial charge in [-0.25, -0.2) is 4.39 Å². The van der Waals surface area contributed by atoms with Gasteiger partial charge in [0.1, 0.15) is 17.2 Å². The van der Waals surface area contributed by atoms with Crippen LogP contribution in [-0.2, 0) is 11.1 Å². The molecule has 3 rings (SSSR count). The van der Waals surface area contributed by atoms with Crippen LogP contribution < -0.4 is 15.4 Å². The zero-order valence-electron chi connectivity index (χ0n) is 17.6. The van der Waals surface area contributed by atoms with Crippen molar-refractivity contribution in [1.29, 1.82) is 0 Å². The van der Waals surface area contributed by atoms with Gasteiger partial charge in [0.2, 0.25) is 5.91 Å². The third kappa shape index (κ3) is 5.18. The van der Waals surface area contributed by atoms with E-state index in [-0.39, 0.29) is 27.7 Å². The summed E-state index contributed by atoms with van der Waals surface area (Å²) >= 11 is 0. The standard InChI is InChI=1S/C21H24F4N4O2/c1-11-12(2)26-10-16(11)19(30)27-18-9-17(29(28-18)21(23,24)25)13-6-14(22)8-15(7-13)31-20(3,4)5/h6-9,11,16,26H,2,10H2,1,3-5H3,(H,27,28,30)/t11-,16-/m0/s1. The first-order valence-corrected chi connectivity index (χ1v) is 9.65. The van der Waals surface area contributed by atoms with Gasteiger partial charge in [-0.15, -0.1) is 18.3 Å². The molecular weight excluding hydrogens is 416 g/mol. The van der Waals surface area contributed by atoms with Crippen molar-refractivity contribution in [2.45, 2.75) is 39.6 Å². The molecule has 0 radical (unpaired) electrons. The maximum Gasteiger partial charge on any atom is 0.505 e. The molecule has 1 saturated heterocycles. The lowest BCUT2D eigenvalue weighted by molar-refractivity contribution is -0.210. The second-order valence-electron chi connectivity index (χ2n) is 8.48. The smallest absolute Gasteiger partial charge is 0.488 e. The lowest BCUT2D eigenvalue weighted by Crippen LogP contribution is -2.28. The summed E-state index contributed by atoms with van der Waals surface area (Å²) in [4.78, 5) is 12.5. The molecule has 168 valence electrons. The molecule has 1 aromatic carbocycles. The summed E-state index contributed by atoms with van der Waals surface area (Å²) in [5.74, 6) is -2.12. The van der Waals surface area contributed by atoms with E-state index in [0.717, 1.165) is 18.2 Å². The van der Waals surface area contributed by atoms with Crippen LogP contribution in [0, 0.1) is 17.7 Å². The van der Waals surface area contributed by atoms with Crippen molar-refractivity contribution >= 4 is 11.7 Å². The fraction of sp³-hybridized carbons (Fsp3) is 0.429. The summed E-state index contributed by atoms with van der Waals surface area (Å²) in [5.41, 5.74) is -0.505. The first-order valence-electron chi connectivity index (χ1n) is 9.65. The fourth-order valence-electron chi connectivity index (χ4n) is 3.32. The molecule has 2 heterocycles. The van der Waals surface area contributed by atoms with Gasteiger partial charge < -0.3 is 15.4 Å². The highest BCUT2D eigenvalue weighted by molar-refractivity contribution is 5.93. The first kappa shape index (κ1) is 22.6. The number of rotatable bonds is 4. The minimum Gasteiger partial charge on any atom is -0.488 e. The van der Waals surface area contributed by atoms with Crippen molar-refractivity contribution in [2.24, 2.45) is 11.8 Å². The first-order chi connectivity index (χ1) is 14.2. The Morgan fingerprint density at radius 3 is 2.48 bits per heavy atom. The SMILES string of the molecule is C=C1NC[C@H](C(=O)Nc2cc(-c3cc(F)cc(OC(C)(C)C)c3)n(C(F)(F)F)n2)[C@H]1C. The number of hydrogen-bond acceptors (Lipinski definition) is 4. The molecule has 10 heteroatoms. The molecule has 0 spiro atoms. The van der Waals surface area contributed by atoms with Crippen molar-refractivity contribution in [3.05, 3.63) is 42.4 Å². The van der Waals surface area contributed by atoms with E-state index in [1.165, 1.54) is 6.07 Å². The quantitative estimate of drug-likeness (QED) is 0.680. The highest BCUT2D eigenvalue weighted by Crippen LogP contribution is 2.35. The van der Waals surface area contributed by atoms with Gasteiger partial charge in [0.15, 0.2) is 5.82 Å². The van der Waals surface area contributed by atoms with Crippen LogP contribution in [0.1, 0.15) is 27.7 Å². The average molecular weight is 440 g/mol. The van der Waals surface area contributed by atoms with Crippen LogP contribution in [0.5, 0.6) is 5.75 Å². The Balaban J connectivity index is 1.97. The third-order valence-corrected chi connectivity index (χ3v) is 4.83. The molecule has 1 aliphatic rings. The van der Waals surface area contributed by atoms with E-state index < -0.39 is 35.2 Å². The van der Waals surface area contributed by atoms with Gasteiger partial charge in [-0.2, -0.15) is 4.68 Å². The van der Waals surface area contributed by atoms with Gasteiger partial charge in [-0.05, 0) is 32.9 Å². The second kappa shape index (κ2) is 7.90. The number of hydrogen-bond donors (Lipinski definition) is 2. The lowest BCUT2D eigenvalue weighted by atomic mass is 9.95. The lowest BCUT2D eigenvalue weighted by Gasteiger charge is -2.22. The Hall–Kier alpha value is -3.04. The van der Waals surface area contributed by atoms with Crippen LogP contribution in [0.3, 0.4) is 0 Å². The van der Waals surface area contributed by atoms with Crippen molar-refractivity contribution in [3.63, 3.8) is 0 Å². The molecule has 0 aliphatic carbocycles. The third-order valence-electron chi connectivity index (χ3n) is 4.83. The second-order valence-corrected chi connectivity index (χ2v) is 8.48. The Labute approximate surface area is 177 Å². The number of nitrogens with zero attached hydrogens (tertiary/aromatic N) is 2. The number of nitrogens with one attached hydrogen (secondary N) is 2. The topological polar surface area (TPSA) is 68.2 Å². The van der Waals surface area contributed by atoms with Gasteiger partial charge >= 0.3 is 6.30 Å². The molecule has 2 aromatic rings. The maximum atomic E-state index is 14.1. The summed E-state index contributed by atoms with van der Waals surface area (Å²) in [6.45, 7) is 11.1. The van der Waals surface area contributed by atoms with Gasteiger partial charge in [0.25, 0.3) is 0 Å². The highest BCUT2D eigenvalue weighted by Gasteiger charge is 2.37. The normalized spacial score (nSPS) is 19.3. The number of ether oxygens (including phenoxy) is 1. The van der Waals surface area contributed by atoms with E-state index in [2.05, 4.69) is 22.3 Å². The van der Waals surface area contributed by atoms with Crippen LogP contribution in [0.4, 0.5) is 23.4 Å². The average Bonchev–Trinajstić information content (AvgIpc) is 3.17. The van der Waals surface area contributed by atoms with E-state index in [1.54, 1.807) is 27.7 Å². The predicted molar refractivity (Wildman–Crippen MR) is 108 cm³/mol. The monoisotopic (exact) mass is 440 g/mol. The van der Waals surface area contributed by atoms with E-state index in [0.29, 0.717) is 12.2 Å². The highest BCUT2D eigenvalue weighted by atomic mass is 19.4. The Morgan fingerprint density at radius 1 is 1.26 bits per heavy atom. The van der Waals surface area contributed by atoms with Crippen molar-refractivity contribution < 1.29 is 27.1 Å². The van der Waals surface area contributed by atoms with E-state index in [4.69, 9.17) is 4.74 Å². The minimum atomic E-state index is -4.88. The molecule has 0 bridgehead atoms. The van der Waals surface area contributed by atoms with Crippen LogP contribution in [-0.4, -0.2) is 27.8 Å². The Bertz CT molecular complexity index is 1010. The number of halogens is 4. The number of anilines is 1. The summed E-state index contributed by atoms with van der Waals surface area (Å²) in [6.07, 6.45) is -4.88. The van der Waals surface area contributed by atoms with Crippen LogP contribution >= 0.6 is 0 Å². The molecular formula is C21H24F4N4O2. The van der Waals surface area contributed by atoms with E-state index in [1.807, 2.05) is 0 Å². The molecule has 1 fully saturated rings. The Morgan fingerprint density at radius 2 is 1.94 bits per heavy atom. The summed E-state index contributed by atoms with van der Waals surface area (Å²) in [7, 11) is 0. The molecule has 2 atom stereocenters. The van der Waals surface area contributed by atoms with Gasteiger partial charge in [0.05, 0.1) is 11.6 Å². The molecule has 2 N–H and O–H groups in total. The zero-order chi connectivity index (χ0) is 23.1. The largest absolute Gasteiger partial charge is 0.505 e. The fourth-order valence-corrected chi connectivity index (χ4v) is 3.32. The molecule has 1 aliphatic heterocycles. The number of amides is 1. The van der Waals surface area contributed by atoms with Crippen LogP contribution in [0.2, 0.25) is 0 Å². The van der Waals surface area contributed by atoms with Gasteiger partial charge in [0, 0.05) is 35.9 Å². The van der Waals surface area contributed by atoms with Gasteiger partial charge in [-0.3, -0.25) is 4.79 Å². The van der Waals surface area contributed by atoms with Crippen molar-refractivity contribution in [1.82, 2.24) is 15.1 Å². The number of carbonyl (C=O) groups excluding carboxylic acids is 1. The van der Waals surface area contributed by atoms with E-state index >= 15 is 0 Å². The summed E-state index contributed by atoms with van der Waals surface area (Å²) in [5, 5.41) is 8.90. The number of aromatic nitrogens is 2. The minimum absolute atomic E-state index is 0.0763. The Kier molecular flexibility index (Phi) is 5.77. The number of benzene rings is 1. The maximum absolute atomic E-state index is 14.1. The molecule has 1 aromatic heterocycles. The number of alkyl halides is 3.